The molecule has 0 saturated heterocycles. The lowest BCUT2D eigenvalue weighted by molar-refractivity contribution is 0.222. The van der Waals surface area contributed by atoms with Crippen molar-refractivity contribution >= 4 is 15.2 Å². The minimum atomic E-state index is -4.95. The molecule has 0 aromatic carbocycles. The maximum absolute atomic E-state index is 11.2. The highest BCUT2D eigenvalue weighted by Gasteiger charge is 2.47. The fraction of sp³-hybridized carbons (Fsp3) is 1.00. The Morgan fingerprint density at radius 3 is 1.44 bits per heavy atom. The van der Waals surface area contributed by atoms with Gasteiger partial charge in [0.05, 0.1) is 0 Å². The molecular formula is C7H21N3O6P2. The molecule has 0 amide bonds. The third kappa shape index (κ3) is 6.38. The summed E-state index contributed by atoms with van der Waals surface area (Å²) in [6, 6.07) is 0. The summed E-state index contributed by atoms with van der Waals surface area (Å²) in [5, 5.41) is 0. The molecule has 0 saturated carbocycles. The number of rotatable bonds is 9. The second kappa shape index (κ2) is 7.69. The minimum absolute atomic E-state index is 0.0946. The van der Waals surface area contributed by atoms with Gasteiger partial charge in [0.1, 0.15) is 0 Å². The summed E-state index contributed by atoms with van der Waals surface area (Å²) in [4.78, 5) is 37.5. The molecule has 8 N–H and O–H groups in total. The van der Waals surface area contributed by atoms with E-state index in [4.69, 9.17) is 31.0 Å². The summed E-state index contributed by atoms with van der Waals surface area (Å²) in [5.41, 5.74) is 8.45. The van der Waals surface area contributed by atoms with E-state index >= 15 is 0 Å². The van der Waals surface area contributed by atoms with Gasteiger partial charge in [0.25, 0.3) is 0 Å². The molecule has 0 radical (unpaired) electrons. The van der Waals surface area contributed by atoms with E-state index in [1.807, 2.05) is 0 Å². The molecule has 0 fully saturated rings. The summed E-state index contributed by atoms with van der Waals surface area (Å²) in [5.74, 6) is 0. The maximum Gasteiger partial charge on any atom is 0.354 e. The summed E-state index contributed by atoms with van der Waals surface area (Å²) in [6.45, 7) is 0.705. The Hall–Kier alpha value is 0.180. The molecule has 0 aromatic rings. The van der Waals surface area contributed by atoms with Crippen molar-refractivity contribution in [3.8, 4) is 0 Å². The molecule has 9 nitrogen and oxygen atoms in total. The molecule has 0 atom stereocenters. The predicted octanol–water partition coefficient (Wildman–Crippen LogP) is -1.37. The first-order valence-electron chi connectivity index (χ1n) is 5.39. The first kappa shape index (κ1) is 18.2. The van der Waals surface area contributed by atoms with E-state index in [1.165, 1.54) is 0 Å². The molecule has 0 heterocycles. The van der Waals surface area contributed by atoms with Gasteiger partial charge in [-0.05, 0) is 25.9 Å². The molecule has 11 heteroatoms. The van der Waals surface area contributed by atoms with Gasteiger partial charge in [-0.25, -0.2) is 0 Å². The van der Waals surface area contributed by atoms with Crippen LogP contribution in [0.5, 0.6) is 0 Å². The Morgan fingerprint density at radius 1 is 0.889 bits per heavy atom. The van der Waals surface area contributed by atoms with Crippen molar-refractivity contribution in [2.75, 3.05) is 26.2 Å². The highest BCUT2D eigenvalue weighted by Crippen LogP contribution is 2.61. The van der Waals surface area contributed by atoms with Crippen LogP contribution in [0, 0.1) is 0 Å². The van der Waals surface area contributed by atoms with Crippen molar-refractivity contribution in [1.29, 1.82) is 0 Å². The van der Waals surface area contributed by atoms with Gasteiger partial charge >= 0.3 is 15.2 Å². The smallest absolute Gasteiger partial charge is 0.330 e. The van der Waals surface area contributed by atoms with Crippen LogP contribution in [0.1, 0.15) is 12.8 Å². The van der Waals surface area contributed by atoms with Gasteiger partial charge in [-0.15, -0.1) is 0 Å². The van der Waals surface area contributed by atoms with E-state index in [9.17, 15) is 9.13 Å². The third-order valence-electron chi connectivity index (χ3n) is 2.23. The van der Waals surface area contributed by atoms with Crippen molar-refractivity contribution in [2.24, 2.45) is 11.5 Å². The Morgan fingerprint density at radius 2 is 1.22 bits per heavy atom. The van der Waals surface area contributed by atoms with Gasteiger partial charge < -0.3 is 31.0 Å². The van der Waals surface area contributed by atoms with Gasteiger partial charge in [0.15, 0.2) is 0 Å². The van der Waals surface area contributed by atoms with Gasteiger partial charge in [0.2, 0.25) is 5.52 Å². The van der Waals surface area contributed by atoms with Crippen LogP contribution in [0.2, 0.25) is 0 Å². The minimum Gasteiger partial charge on any atom is -0.330 e. The van der Waals surface area contributed by atoms with Crippen molar-refractivity contribution in [1.82, 2.24) is 4.90 Å². The normalized spacial score (nSPS) is 13.6. The third-order valence-corrected chi connectivity index (χ3v) is 5.89. The monoisotopic (exact) mass is 305 g/mol. The van der Waals surface area contributed by atoms with E-state index in [0.29, 0.717) is 12.8 Å². The average molecular weight is 305 g/mol. The molecule has 0 aliphatic heterocycles. The maximum atomic E-state index is 11.2. The van der Waals surface area contributed by atoms with Crippen LogP contribution in [0.4, 0.5) is 0 Å². The summed E-state index contributed by atoms with van der Waals surface area (Å²) in [6.07, 6.45) is 0.752. The van der Waals surface area contributed by atoms with Crippen LogP contribution < -0.4 is 11.5 Å². The second-order valence-electron chi connectivity index (χ2n) is 3.85. The molecule has 0 aliphatic carbocycles. The van der Waals surface area contributed by atoms with Crippen LogP contribution in [0.15, 0.2) is 0 Å². The standard InChI is InChI=1S/C7H21N3O6P2/c8-3-1-5-10(6-2-4-9)7(17(11,12)13)18(14,15)16/h7H,1-6,8-9H2,(H2,11,12,13)(H2,14,15,16). The molecule has 0 bridgehead atoms. The van der Waals surface area contributed by atoms with Crippen molar-refractivity contribution in [2.45, 2.75) is 18.4 Å². The molecule has 18 heavy (non-hydrogen) atoms. The topological polar surface area (TPSA) is 170 Å². The number of hydrogen-bond donors (Lipinski definition) is 6. The largest absolute Gasteiger partial charge is 0.354 e. The molecule has 0 rings (SSSR count). The molecule has 0 spiro atoms. The van der Waals surface area contributed by atoms with E-state index in [-0.39, 0.29) is 26.2 Å². The van der Waals surface area contributed by atoms with Crippen molar-refractivity contribution < 1.29 is 28.7 Å². The van der Waals surface area contributed by atoms with Gasteiger partial charge in [-0.1, -0.05) is 0 Å². The molecule has 0 aliphatic rings. The lowest BCUT2D eigenvalue weighted by Gasteiger charge is -2.31. The van der Waals surface area contributed by atoms with E-state index in [1.54, 1.807) is 0 Å². The molecule has 0 unspecified atom stereocenters. The Balaban J connectivity index is 5.08. The molecular weight excluding hydrogens is 284 g/mol. The Bertz CT molecular complexity index is 299. The Kier molecular flexibility index (Phi) is 7.77. The lowest BCUT2D eigenvalue weighted by Crippen LogP contribution is -2.38. The van der Waals surface area contributed by atoms with Crippen LogP contribution >= 0.6 is 15.2 Å². The second-order valence-corrected chi connectivity index (χ2v) is 7.59. The zero-order valence-electron chi connectivity index (χ0n) is 9.92. The van der Waals surface area contributed by atoms with E-state index < -0.39 is 20.7 Å². The number of nitrogens with two attached hydrogens (primary N) is 2. The fourth-order valence-corrected chi connectivity index (χ4v) is 4.43. The quantitative estimate of drug-likeness (QED) is 0.281. The highest BCUT2D eigenvalue weighted by molar-refractivity contribution is 7.70. The van der Waals surface area contributed by atoms with Gasteiger partial charge in [0, 0.05) is 13.1 Å². The van der Waals surface area contributed by atoms with Crippen LogP contribution in [0.25, 0.3) is 0 Å². The summed E-state index contributed by atoms with van der Waals surface area (Å²) < 4.78 is 22.5. The van der Waals surface area contributed by atoms with Crippen LogP contribution in [-0.2, 0) is 9.13 Å². The first-order chi connectivity index (χ1) is 8.14. The van der Waals surface area contributed by atoms with Gasteiger partial charge in [-0.3, -0.25) is 14.0 Å². The van der Waals surface area contributed by atoms with E-state index in [0.717, 1.165) is 4.90 Å². The lowest BCUT2D eigenvalue weighted by atomic mass is 10.3. The zero-order chi connectivity index (χ0) is 14.4. The SMILES string of the molecule is NCCCN(CCCN)C(P(=O)(O)O)P(=O)(O)O. The fourth-order valence-electron chi connectivity index (χ4n) is 1.55. The Labute approximate surface area is 105 Å². The predicted molar refractivity (Wildman–Crippen MR) is 66.8 cm³/mol. The first-order valence-corrected chi connectivity index (χ1v) is 8.75. The van der Waals surface area contributed by atoms with Crippen molar-refractivity contribution in [3.63, 3.8) is 0 Å². The van der Waals surface area contributed by atoms with Crippen molar-refractivity contribution in [3.05, 3.63) is 0 Å². The number of nitrogens with zero attached hydrogens (tertiary/aromatic N) is 1. The molecule has 110 valence electrons. The van der Waals surface area contributed by atoms with Crippen LogP contribution in [0.3, 0.4) is 0 Å². The zero-order valence-corrected chi connectivity index (χ0v) is 11.7. The average Bonchev–Trinajstić information content (AvgIpc) is 2.17. The van der Waals surface area contributed by atoms with Gasteiger partial charge in [-0.2, -0.15) is 0 Å². The molecule has 0 aromatic heterocycles. The summed E-state index contributed by atoms with van der Waals surface area (Å²) >= 11 is 0. The van der Waals surface area contributed by atoms with Crippen LogP contribution in [-0.4, -0.2) is 56.2 Å². The number of hydrogen-bond acceptors (Lipinski definition) is 5. The highest BCUT2D eigenvalue weighted by atomic mass is 31.2. The summed E-state index contributed by atoms with van der Waals surface area (Å²) in [7, 11) is -9.91. The van der Waals surface area contributed by atoms with E-state index in [2.05, 4.69) is 0 Å².